The van der Waals surface area contributed by atoms with Crippen molar-refractivity contribution in [3.8, 4) is 0 Å². The topological polar surface area (TPSA) is 3.24 Å². The van der Waals surface area contributed by atoms with Crippen molar-refractivity contribution in [3.63, 3.8) is 0 Å². The van der Waals surface area contributed by atoms with Gasteiger partial charge in [0.25, 0.3) is 0 Å². The van der Waals surface area contributed by atoms with E-state index in [1.165, 1.54) is 0 Å². The highest BCUT2D eigenvalue weighted by Crippen LogP contribution is 2.42. The van der Waals surface area contributed by atoms with E-state index in [9.17, 15) is 4.39 Å². The van der Waals surface area contributed by atoms with Gasteiger partial charge in [0.1, 0.15) is 5.82 Å². The lowest BCUT2D eigenvalue weighted by Crippen LogP contribution is -2.35. The van der Waals surface area contributed by atoms with Crippen LogP contribution < -0.4 is 0 Å². The summed E-state index contributed by atoms with van der Waals surface area (Å²) in [7, 11) is 4.17. The first-order valence-corrected chi connectivity index (χ1v) is 6.56. The Morgan fingerprint density at radius 3 is 2.72 bits per heavy atom. The molecular formula is C16H22FN. The van der Waals surface area contributed by atoms with Crippen LogP contribution >= 0.6 is 0 Å². The summed E-state index contributed by atoms with van der Waals surface area (Å²) in [5.74, 6) is 0.305. The van der Waals surface area contributed by atoms with Gasteiger partial charge in [-0.15, -0.1) is 0 Å². The average Bonchev–Trinajstić information content (AvgIpc) is 2.32. The summed E-state index contributed by atoms with van der Waals surface area (Å²) in [5.41, 5.74) is 2.34. The van der Waals surface area contributed by atoms with Crippen molar-refractivity contribution in [2.24, 2.45) is 5.92 Å². The van der Waals surface area contributed by atoms with Gasteiger partial charge in [0, 0.05) is 5.41 Å². The molecule has 1 aromatic carbocycles. The van der Waals surface area contributed by atoms with Gasteiger partial charge in [0.2, 0.25) is 0 Å². The number of hydrogen-bond acceptors (Lipinski definition) is 1. The second-order valence-electron chi connectivity index (χ2n) is 5.85. The molecule has 98 valence electrons. The van der Waals surface area contributed by atoms with Gasteiger partial charge in [-0.2, -0.15) is 0 Å². The summed E-state index contributed by atoms with van der Waals surface area (Å²) in [6, 6.07) is 5.15. The standard InChI is InChI=1S/C16H22FN/c1-12-5-6-13-7-8-14(17)11-15(13)16(12,2)9-10-18(3)4/h5-8,11-12H,9-10H2,1-4H3/t12-,16-/m0/s1. The third-order valence-corrected chi connectivity index (χ3v) is 4.28. The number of fused-ring (bicyclic) bond motifs is 1. The predicted octanol–water partition coefficient (Wildman–Crippen LogP) is 3.70. The van der Waals surface area contributed by atoms with Crippen LogP contribution in [-0.4, -0.2) is 25.5 Å². The number of rotatable bonds is 3. The molecule has 0 amide bonds. The van der Waals surface area contributed by atoms with Gasteiger partial charge >= 0.3 is 0 Å². The Bertz CT molecular complexity index is 464. The molecule has 1 aromatic rings. The number of allylic oxidation sites excluding steroid dienone is 1. The summed E-state index contributed by atoms with van der Waals surface area (Å²) in [6.07, 6.45) is 5.41. The van der Waals surface area contributed by atoms with Crippen LogP contribution in [0.5, 0.6) is 0 Å². The highest BCUT2D eigenvalue weighted by atomic mass is 19.1. The summed E-state index contributed by atoms with van der Waals surface area (Å²) < 4.78 is 13.5. The van der Waals surface area contributed by atoms with E-state index in [2.05, 4.69) is 45.0 Å². The molecule has 1 aliphatic rings. The molecule has 1 nitrogen and oxygen atoms in total. The minimum atomic E-state index is -0.132. The fourth-order valence-electron chi connectivity index (χ4n) is 2.69. The van der Waals surface area contributed by atoms with Crippen LogP contribution in [0.15, 0.2) is 24.3 Å². The van der Waals surface area contributed by atoms with Crippen molar-refractivity contribution in [2.75, 3.05) is 20.6 Å². The molecule has 0 saturated heterocycles. The van der Waals surface area contributed by atoms with Crippen LogP contribution in [0.2, 0.25) is 0 Å². The maximum absolute atomic E-state index is 13.5. The molecule has 0 heterocycles. The van der Waals surface area contributed by atoms with Crippen molar-refractivity contribution in [1.29, 1.82) is 0 Å². The van der Waals surface area contributed by atoms with Crippen LogP contribution in [0.3, 0.4) is 0 Å². The Labute approximate surface area is 109 Å². The Hall–Kier alpha value is -1.15. The zero-order chi connectivity index (χ0) is 13.3. The molecule has 0 saturated carbocycles. The molecule has 0 radical (unpaired) electrons. The predicted molar refractivity (Wildman–Crippen MR) is 75.1 cm³/mol. The van der Waals surface area contributed by atoms with Crippen molar-refractivity contribution in [3.05, 3.63) is 41.2 Å². The summed E-state index contributed by atoms with van der Waals surface area (Å²) in [4.78, 5) is 2.19. The second kappa shape index (κ2) is 4.85. The summed E-state index contributed by atoms with van der Waals surface area (Å²) in [5, 5.41) is 0. The zero-order valence-electron chi connectivity index (χ0n) is 11.7. The van der Waals surface area contributed by atoms with Crippen LogP contribution in [0.4, 0.5) is 4.39 Å². The van der Waals surface area contributed by atoms with E-state index in [1.807, 2.05) is 6.07 Å². The van der Waals surface area contributed by atoms with E-state index < -0.39 is 0 Å². The first-order chi connectivity index (χ1) is 8.43. The average molecular weight is 247 g/mol. The van der Waals surface area contributed by atoms with Gasteiger partial charge in [-0.25, -0.2) is 4.39 Å². The van der Waals surface area contributed by atoms with E-state index in [1.54, 1.807) is 12.1 Å². The van der Waals surface area contributed by atoms with Crippen molar-refractivity contribution in [1.82, 2.24) is 4.90 Å². The highest BCUT2D eigenvalue weighted by Gasteiger charge is 2.35. The summed E-state index contributed by atoms with van der Waals surface area (Å²) in [6.45, 7) is 5.49. The zero-order valence-corrected chi connectivity index (χ0v) is 11.7. The third kappa shape index (κ3) is 2.35. The maximum atomic E-state index is 13.5. The third-order valence-electron chi connectivity index (χ3n) is 4.28. The van der Waals surface area contributed by atoms with Crippen LogP contribution in [0.25, 0.3) is 6.08 Å². The van der Waals surface area contributed by atoms with Gasteiger partial charge < -0.3 is 4.90 Å². The number of halogens is 1. The van der Waals surface area contributed by atoms with E-state index in [-0.39, 0.29) is 11.2 Å². The number of nitrogens with zero attached hydrogens (tertiary/aromatic N) is 1. The van der Waals surface area contributed by atoms with Gasteiger partial charge in [-0.3, -0.25) is 0 Å². The highest BCUT2D eigenvalue weighted by molar-refractivity contribution is 5.60. The number of hydrogen-bond donors (Lipinski definition) is 0. The smallest absolute Gasteiger partial charge is 0.123 e. The molecule has 18 heavy (non-hydrogen) atoms. The van der Waals surface area contributed by atoms with E-state index >= 15 is 0 Å². The van der Waals surface area contributed by atoms with Gasteiger partial charge in [-0.05, 0) is 56.2 Å². The minimum Gasteiger partial charge on any atom is -0.309 e. The maximum Gasteiger partial charge on any atom is 0.123 e. The number of benzene rings is 1. The summed E-state index contributed by atoms with van der Waals surface area (Å²) >= 11 is 0. The molecule has 0 aliphatic heterocycles. The molecule has 0 aromatic heterocycles. The molecule has 2 heteroatoms. The van der Waals surface area contributed by atoms with Gasteiger partial charge in [0.15, 0.2) is 0 Å². The Morgan fingerprint density at radius 1 is 1.33 bits per heavy atom. The second-order valence-corrected chi connectivity index (χ2v) is 5.85. The van der Waals surface area contributed by atoms with Crippen molar-refractivity contribution < 1.29 is 4.39 Å². The lowest BCUT2D eigenvalue weighted by atomic mass is 9.66. The molecular weight excluding hydrogens is 225 g/mol. The van der Waals surface area contributed by atoms with E-state index in [4.69, 9.17) is 0 Å². The van der Waals surface area contributed by atoms with Gasteiger partial charge in [-0.1, -0.05) is 32.1 Å². The lowest BCUT2D eigenvalue weighted by Gasteiger charge is -2.39. The fourth-order valence-corrected chi connectivity index (χ4v) is 2.69. The molecule has 0 fully saturated rings. The normalized spacial score (nSPS) is 26.4. The lowest BCUT2D eigenvalue weighted by molar-refractivity contribution is 0.282. The molecule has 1 aliphatic carbocycles. The van der Waals surface area contributed by atoms with Crippen LogP contribution in [-0.2, 0) is 5.41 Å². The Kier molecular flexibility index (Phi) is 3.58. The Balaban J connectivity index is 2.40. The van der Waals surface area contributed by atoms with Gasteiger partial charge in [0.05, 0.1) is 0 Å². The van der Waals surface area contributed by atoms with Crippen LogP contribution in [0.1, 0.15) is 31.4 Å². The fraction of sp³-hybridized carbons (Fsp3) is 0.500. The van der Waals surface area contributed by atoms with E-state index in [0.29, 0.717) is 5.92 Å². The van der Waals surface area contributed by atoms with Crippen LogP contribution in [0, 0.1) is 11.7 Å². The first-order valence-electron chi connectivity index (χ1n) is 6.56. The SMILES string of the molecule is C[C@H]1C=Cc2ccc(F)cc2[C@@]1(C)CCN(C)C. The molecule has 2 rings (SSSR count). The molecule has 0 N–H and O–H groups in total. The quantitative estimate of drug-likeness (QED) is 0.787. The molecule has 0 unspecified atom stereocenters. The first kappa shape index (κ1) is 13.3. The monoisotopic (exact) mass is 247 g/mol. The minimum absolute atomic E-state index is 0.0243. The largest absolute Gasteiger partial charge is 0.309 e. The van der Waals surface area contributed by atoms with Crippen molar-refractivity contribution >= 4 is 6.08 Å². The van der Waals surface area contributed by atoms with Crippen molar-refractivity contribution in [2.45, 2.75) is 25.7 Å². The molecule has 0 spiro atoms. The molecule has 2 atom stereocenters. The van der Waals surface area contributed by atoms with E-state index in [0.717, 1.165) is 24.1 Å². The molecule has 0 bridgehead atoms. The Morgan fingerprint density at radius 2 is 2.06 bits per heavy atom.